The summed E-state index contributed by atoms with van der Waals surface area (Å²) in [5.41, 5.74) is 7.85. The second kappa shape index (κ2) is 7.19. The monoisotopic (exact) mass is 359 g/mol. The Balaban J connectivity index is 2.24. The van der Waals surface area contributed by atoms with Crippen molar-refractivity contribution in [3.63, 3.8) is 0 Å². The fourth-order valence-corrected chi connectivity index (χ4v) is 3.14. The number of halogens is 1. The molecule has 0 amide bonds. The third-order valence-electron chi connectivity index (χ3n) is 4.35. The van der Waals surface area contributed by atoms with Gasteiger partial charge >= 0.3 is 0 Å². The Morgan fingerprint density at radius 3 is 2.72 bits per heavy atom. The minimum atomic E-state index is 0.308. The Morgan fingerprint density at radius 1 is 1.32 bits per heavy atom. The van der Waals surface area contributed by atoms with Crippen molar-refractivity contribution in [2.24, 2.45) is 0 Å². The van der Waals surface area contributed by atoms with Crippen LogP contribution in [0.25, 0.3) is 16.9 Å². The third-order valence-corrected chi connectivity index (χ3v) is 4.66. The first-order valence-corrected chi connectivity index (χ1v) is 8.69. The van der Waals surface area contributed by atoms with E-state index >= 15 is 0 Å². The van der Waals surface area contributed by atoms with Crippen molar-refractivity contribution in [3.8, 4) is 16.9 Å². The number of nitrogen functional groups attached to an aromatic ring is 1. The van der Waals surface area contributed by atoms with E-state index in [-0.39, 0.29) is 0 Å². The molecule has 0 spiro atoms. The van der Waals surface area contributed by atoms with E-state index in [1.807, 2.05) is 22.7 Å². The van der Waals surface area contributed by atoms with Gasteiger partial charge in [0.1, 0.15) is 17.4 Å². The van der Waals surface area contributed by atoms with Crippen molar-refractivity contribution in [2.75, 3.05) is 18.2 Å². The van der Waals surface area contributed by atoms with E-state index in [2.05, 4.69) is 29.1 Å². The highest BCUT2D eigenvalue weighted by molar-refractivity contribution is 6.33. The molecule has 2 heterocycles. The molecule has 132 valence electrons. The molecule has 0 aliphatic carbocycles. The van der Waals surface area contributed by atoms with Crippen LogP contribution in [0.15, 0.2) is 30.6 Å². The predicted molar refractivity (Wildman–Crippen MR) is 102 cm³/mol. The van der Waals surface area contributed by atoms with Crippen LogP contribution in [0.2, 0.25) is 5.02 Å². The molecule has 6 nitrogen and oxygen atoms in total. The summed E-state index contributed by atoms with van der Waals surface area (Å²) in [4.78, 5) is 8.68. The molecule has 0 atom stereocenters. The summed E-state index contributed by atoms with van der Waals surface area (Å²) in [6.45, 7) is 4.30. The summed E-state index contributed by atoms with van der Waals surface area (Å²) in [6, 6.07) is 5.84. The number of hydrogen-bond acceptors (Lipinski definition) is 5. The number of imidazole rings is 1. The zero-order valence-electron chi connectivity index (χ0n) is 14.6. The number of methoxy groups -OCH3 is 1. The molecule has 0 saturated carbocycles. The lowest BCUT2D eigenvalue weighted by molar-refractivity contribution is 0.415. The molecule has 0 radical (unpaired) electrons. The molecule has 0 bridgehead atoms. The van der Waals surface area contributed by atoms with Crippen molar-refractivity contribution in [1.82, 2.24) is 14.4 Å². The molecule has 0 aliphatic heterocycles. The van der Waals surface area contributed by atoms with Gasteiger partial charge in [-0.05, 0) is 31.0 Å². The topological polar surface area (TPSA) is 77.5 Å². The van der Waals surface area contributed by atoms with Crippen LogP contribution in [0.5, 0.6) is 5.75 Å². The first kappa shape index (κ1) is 17.4. The number of ether oxygens (including phenoxy) is 1. The van der Waals surface area contributed by atoms with Crippen LogP contribution >= 0.6 is 11.6 Å². The number of fused-ring (bicyclic) bond motifs is 1. The van der Waals surface area contributed by atoms with Crippen molar-refractivity contribution in [3.05, 3.63) is 35.6 Å². The zero-order valence-corrected chi connectivity index (χ0v) is 15.3. The zero-order chi connectivity index (χ0) is 18.0. The Morgan fingerprint density at radius 2 is 2.08 bits per heavy atom. The number of nitrogens with zero attached hydrogens (tertiary/aromatic N) is 3. The summed E-state index contributed by atoms with van der Waals surface area (Å²) < 4.78 is 7.15. The standard InChI is InChI=1S/C18H22ClN5O/c1-4-11(5-2)22-17-15(13-7-6-12(25-3)10-14(13)19)16(20)23-18-21-8-9-24(17)18/h6-11,22H,4-5H2,1-3H3,(H2,20,21,23). The molecule has 0 saturated heterocycles. The number of rotatable bonds is 6. The molecule has 3 N–H and O–H groups in total. The van der Waals surface area contributed by atoms with Crippen LogP contribution < -0.4 is 15.8 Å². The number of aromatic nitrogens is 3. The molecule has 0 fully saturated rings. The molecule has 3 aromatic rings. The van der Waals surface area contributed by atoms with Gasteiger partial charge in [-0.25, -0.2) is 4.98 Å². The van der Waals surface area contributed by atoms with Crippen molar-refractivity contribution in [2.45, 2.75) is 32.7 Å². The third kappa shape index (κ3) is 3.22. The average Bonchev–Trinajstić information content (AvgIpc) is 3.08. The van der Waals surface area contributed by atoms with Crippen LogP contribution in [0.4, 0.5) is 11.6 Å². The van der Waals surface area contributed by atoms with Crippen molar-refractivity contribution < 1.29 is 4.74 Å². The summed E-state index contributed by atoms with van der Waals surface area (Å²) >= 11 is 6.50. The fraction of sp³-hybridized carbons (Fsp3) is 0.333. The highest BCUT2D eigenvalue weighted by Crippen LogP contribution is 2.39. The van der Waals surface area contributed by atoms with E-state index in [4.69, 9.17) is 22.1 Å². The Hall–Kier alpha value is -2.47. The molecule has 0 aliphatic rings. The molecule has 3 rings (SSSR count). The molecular weight excluding hydrogens is 338 g/mol. The van der Waals surface area contributed by atoms with E-state index in [0.29, 0.717) is 28.4 Å². The van der Waals surface area contributed by atoms with Gasteiger partial charge in [-0.3, -0.25) is 4.40 Å². The van der Waals surface area contributed by atoms with Gasteiger partial charge in [0.25, 0.3) is 0 Å². The summed E-state index contributed by atoms with van der Waals surface area (Å²) in [6.07, 6.45) is 5.56. The van der Waals surface area contributed by atoms with Gasteiger partial charge in [-0.15, -0.1) is 0 Å². The minimum absolute atomic E-state index is 0.308. The lowest BCUT2D eigenvalue weighted by Gasteiger charge is -2.22. The van der Waals surface area contributed by atoms with E-state index in [1.165, 1.54) is 0 Å². The van der Waals surface area contributed by atoms with Gasteiger partial charge in [0.15, 0.2) is 0 Å². The van der Waals surface area contributed by atoms with Gasteiger partial charge in [0, 0.05) is 24.0 Å². The first-order chi connectivity index (χ1) is 12.1. The van der Waals surface area contributed by atoms with Crippen molar-refractivity contribution >= 4 is 29.0 Å². The van der Waals surface area contributed by atoms with E-state index in [0.717, 1.165) is 29.8 Å². The average molecular weight is 360 g/mol. The van der Waals surface area contributed by atoms with E-state index < -0.39 is 0 Å². The minimum Gasteiger partial charge on any atom is -0.497 e. The molecule has 25 heavy (non-hydrogen) atoms. The summed E-state index contributed by atoms with van der Waals surface area (Å²) in [5, 5.41) is 4.14. The number of anilines is 2. The lowest BCUT2D eigenvalue weighted by atomic mass is 10.1. The predicted octanol–water partition coefficient (Wildman–Crippen LogP) is 4.24. The number of benzene rings is 1. The van der Waals surface area contributed by atoms with Gasteiger partial charge < -0.3 is 15.8 Å². The van der Waals surface area contributed by atoms with E-state index in [1.54, 1.807) is 19.4 Å². The Kier molecular flexibility index (Phi) is 4.99. The van der Waals surface area contributed by atoms with Crippen LogP contribution in [0.1, 0.15) is 26.7 Å². The molecule has 0 unspecified atom stereocenters. The van der Waals surface area contributed by atoms with Crippen molar-refractivity contribution in [1.29, 1.82) is 0 Å². The molecule has 7 heteroatoms. The largest absolute Gasteiger partial charge is 0.497 e. The number of hydrogen-bond donors (Lipinski definition) is 2. The van der Waals surface area contributed by atoms with Crippen LogP contribution in [0, 0.1) is 0 Å². The van der Waals surface area contributed by atoms with Crippen LogP contribution in [-0.2, 0) is 0 Å². The summed E-state index contributed by atoms with van der Waals surface area (Å²) in [7, 11) is 1.61. The van der Waals surface area contributed by atoms with Gasteiger partial charge in [0.05, 0.1) is 17.7 Å². The van der Waals surface area contributed by atoms with Gasteiger partial charge in [-0.1, -0.05) is 25.4 Å². The first-order valence-electron chi connectivity index (χ1n) is 8.32. The smallest absolute Gasteiger partial charge is 0.237 e. The second-order valence-electron chi connectivity index (χ2n) is 5.82. The maximum Gasteiger partial charge on any atom is 0.237 e. The molecule has 1 aromatic carbocycles. The van der Waals surface area contributed by atoms with Crippen LogP contribution in [0.3, 0.4) is 0 Å². The summed E-state index contributed by atoms with van der Waals surface area (Å²) in [5.74, 6) is 2.48. The number of nitrogens with one attached hydrogen (secondary N) is 1. The second-order valence-corrected chi connectivity index (χ2v) is 6.23. The highest BCUT2D eigenvalue weighted by atomic mass is 35.5. The highest BCUT2D eigenvalue weighted by Gasteiger charge is 2.20. The van der Waals surface area contributed by atoms with E-state index in [9.17, 15) is 0 Å². The van der Waals surface area contributed by atoms with Gasteiger partial charge in [0.2, 0.25) is 5.78 Å². The number of nitrogens with two attached hydrogens (primary N) is 1. The Labute approximate surface area is 152 Å². The SMILES string of the molecule is CCC(CC)Nc1c(-c2ccc(OC)cc2Cl)c(N)nc2nccn12. The maximum absolute atomic E-state index is 6.50. The lowest BCUT2D eigenvalue weighted by Crippen LogP contribution is -2.20. The Bertz CT molecular complexity index is 889. The quantitative estimate of drug-likeness (QED) is 0.688. The molecule has 2 aromatic heterocycles. The maximum atomic E-state index is 6.50. The normalized spacial score (nSPS) is 11.2. The molecular formula is C18H22ClN5O. The van der Waals surface area contributed by atoms with Gasteiger partial charge in [-0.2, -0.15) is 4.98 Å². The fourth-order valence-electron chi connectivity index (χ4n) is 2.88. The van der Waals surface area contributed by atoms with Crippen LogP contribution in [-0.4, -0.2) is 27.5 Å².